The van der Waals surface area contributed by atoms with Crippen LogP contribution < -0.4 is 0 Å². The van der Waals surface area contributed by atoms with E-state index >= 15 is 0 Å². The molecule has 0 bridgehead atoms. The number of nitrogens with zero attached hydrogens (tertiary/aromatic N) is 2. The molecule has 0 amide bonds. The highest BCUT2D eigenvalue weighted by Crippen LogP contribution is 2.45. The lowest BCUT2D eigenvalue weighted by Crippen LogP contribution is -2.04. The standard InChI is InChI=1S/C49H34N2/c1-3-14-35(15-4-1)47-41-19-9-10-20-42(41)48(39-24-23-33-13-7-8-18-37(33)31-39)43-30-27-38(32-44(43)47)34-25-28-40(29-26-34)51-46-22-12-11-21-45(46)50-49(51)36-16-5-2-6-17-36/h1-11,13-21,23-32H,12,22H2. The summed E-state index contributed by atoms with van der Waals surface area (Å²) in [6.07, 6.45) is 6.41. The maximum Gasteiger partial charge on any atom is 0.145 e. The number of fused-ring (bicyclic) bond motifs is 4. The SMILES string of the molecule is C1=Cc2nc(-c3ccccc3)n(-c3ccc(-c4ccc5c(-c6ccc7ccccc7c6)c6ccccc6c(-c6ccccc6)c5c4)cc3)c2CC1. The fraction of sp³-hybridized carbons (Fsp3) is 0.0408. The minimum absolute atomic E-state index is 0.980. The second-order valence-corrected chi connectivity index (χ2v) is 13.4. The molecule has 240 valence electrons. The quantitative estimate of drug-likeness (QED) is 0.170. The second kappa shape index (κ2) is 12.1. The van der Waals surface area contributed by atoms with Crippen molar-refractivity contribution in [2.24, 2.45) is 0 Å². The summed E-state index contributed by atoms with van der Waals surface area (Å²) in [5, 5.41) is 7.55. The van der Waals surface area contributed by atoms with Crippen LogP contribution in [0.15, 0.2) is 176 Å². The first-order valence-corrected chi connectivity index (χ1v) is 17.8. The molecule has 0 N–H and O–H groups in total. The molecule has 1 aromatic heterocycles. The van der Waals surface area contributed by atoms with Gasteiger partial charge in [-0.2, -0.15) is 0 Å². The summed E-state index contributed by atoms with van der Waals surface area (Å²) in [6, 6.07) is 61.9. The zero-order valence-electron chi connectivity index (χ0n) is 28.1. The first kappa shape index (κ1) is 29.4. The number of hydrogen-bond donors (Lipinski definition) is 0. The number of hydrogen-bond acceptors (Lipinski definition) is 1. The van der Waals surface area contributed by atoms with E-state index in [9.17, 15) is 0 Å². The van der Waals surface area contributed by atoms with E-state index in [0.29, 0.717) is 0 Å². The molecule has 1 aliphatic rings. The van der Waals surface area contributed by atoms with Crippen LogP contribution in [0.2, 0.25) is 0 Å². The van der Waals surface area contributed by atoms with E-state index in [1.165, 1.54) is 71.4 Å². The molecule has 8 aromatic carbocycles. The number of imidazole rings is 1. The Morgan fingerprint density at radius 1 is 0.431 bits per heavy atom. The third-order valence-electron chi connectivity index (χ3n) is 10.4. The summed E-state index contributed by atoms with van der Waals surface area (Å²) >= 11 is 0. The van der Waals surface area contributed by atoms with Crippen LogP contribution in [0.1, 0.15) is 17.8 Å². The van der Waals surface area contributed by atoms with Crippen LogP contribution in [0.5, 0.6) is 0 Å². The van der Waals surface area contributed by atoms with Gasteiger partial charge in [0.1, 0.15) is 5.82 Å². The highest BCUT2D eigenvalue weighted by molar-refractivity contribution is 6.22. The molecule has 1 heterocycles. The monoisotopic (exact) mass is 650 g/mol. The minimum atomic E-state index is 0.980. The van der Waals surface area contributed by atoms with Gasteiger partial charge in [0.15, 0.2) is 0 Å². The van der Waals surface area contributed by atoms with Crippen LogP contribution in [0, 0.1) is 0 Å². The summed E-state index contributed by atoms with van der Waals surface area (Å²) in [5.41, 5.74) is 12.0. The molecule has 0 fully saturated rings. The molecular formula is C49H34N2. The Balaban J connectivity index is 1.17. The molecule has 2 nitrogen and oxygen atoms in total. The molecule has 0 unspecified atom stereocenters. The Labute approximate surface area is 297 Å². The van der Waals surface area contributed by atoms with Gasteiger partial charge in [-0.3, -0.25) is 4.57 Å². The van der Waals surface area contributed by atoms with Gasteiger partial charge in [-0.05, 0) is 109 Å². The predicted molar refractivity (Wildman–Crippen MR) is 215 cm³/mol. The van der Waals surface area contributed by atoms with Crippen LogP contribution in [0.3, 0.4) is 0 Å². The number of aromatic nitrogens is 2. The van der Waals surface area contributed by atoms with Gasteiger partial charge in [0.2, 0.25) is 0 Å². The smallest absolute Gasteiger partial charge is 0.145 e. The van der Waals surface area contributed by atoms with Crippen molar-refractivity contribution in [1.29, 1.82) is 0 Å². The zero-order valence-corrected chi connectivity index (χ0v) is 28.1. The first-order chi connectivity index (χ1) is 25.3. The molecule has 0 saturated carbocycles. The van der Waals surface area contributed by atoms with E-state index in [2.05, 4.69) is 187 Å². The van der Waals surface area contributed by atoms with Crippen molar-refractivity contribution in [1.82, 2.24) is 9.55 Å². The number of rotatable bonds is 5. The highest BCUT2D eigenvalue weighted by atomic mass is 15.1. The van der Waals surface area contributed by atoms with Gasteiger partial charge in [0.25, 0.3) is 0 Å². The van der Waals surface area contributed by atoms with E-state index in [-0.39, 0.29) is 0 Å². The van der Waals surface area contributed by atoms with E-state index in [1.54, 1.807) is 0 Å². The number of allylic oxidation sites excluding steroid dienone is 1. The number of benzene rings is 8. The third-order valence-corrected chi connectivity index (χ3v) is 10.4. The summed E-state index contributed by atoms with van der Waals surface area (Å²) in [5.74, 6) is 0.992. The zero-order chi connectivity index (χ0) is 33.7. The van der Waals surface area contributed by atoms with Crippen LogP contribution in [0.25, 0.3) is 88.8 Å². The van der Waals surface area contributed by atoms with Crippen molar-refractivity contribution in [2.75, 3.05) is 0 Å². The molecule has 2 heteroatoms. The van der Waals surface area contributed by atoms with Crippen molar-refractivity contribution in [2.45, 2.75) is 12.8 Å². The van der Waals surface area contributed by atoms with E-state index in [1.807, 2.05) is 0 Å². The van der Waals surface area contributed by atoms with Crippen molar-refractivity contribution >= 4 is 38.4 Å². The van der Waals surface area contributed by atoms with E-state index in [0.717, 1.165) is 35.6 Å². The molecule has 10 rings (SSSR count). The maximum atomic E-state index is 5.10. The summed E-state index contributed by atoms with van der Waals surface area (Å²) in [4.78, 5) is 5.10. The third kappa shape index (κ3) is 4.99. The summed E-state index contributed by atoms with van der Waals surface area (Å²) in [6.45, 7) is 0. The Morgan fingerprint density at radius 3 is 1.80 bits per heavy atom. The van der Waals surface area contributed by atoms with Gasteiger partial charge >= 0.3 is 0 Å². The fourth-order valence-corrected chi connectivity index (χ4v) is 8.05. The van der Waals surface area contributed by atoms with Crippen LogP contribution in [-0.2, 0) is 6.42 Å². The minimum Gasteiger partial charge on any atom is -0.296 e. The maximum absolute atomic E-state index is 5.10. The van der Waals surface area contributed by atoms with Crippen LogP contribution in [0.4, 0.5) is 0 Å². The van der Waals surface area contributed by atoms with Gasteiger partial charge in [-0.25, -0.2) is 4.98 Å². The van der Waals surface area contributed by atoms with Gasteiger partial charge in [-0.1, -0.05) is 152 Å². The molecule has 1 aliphatic carbocycles. The Hall–Kier alpha value is -6.51. The lowest BCUT2D eigenvalue weighted by molar-refractivity contribution is 0.878. The van der Waals surface area contributed by atoms with E-state index < -0.39 is 0 Å². The van der Waals surface area contributed by atoms with Gasteiger partial charge < -0.3 is 0 Å². The van der Waals surface area contributed by atoms with Crippen molar-refractivity contribution in [3.8, 4) is 50.5 Å². The Morgan fingerprint density at radius 2 is 1.04 bits per heavy atom. The van der Waals surface area contributed by atoms with Gasteiger partial charge in [-0.15, -0.1) is 0 Å². The average Bonchev–Trinajstić information content (AvgIpc) is 3.60. The normalized spacial score (nSPS) is 12.5. The lowest BCUT2D eigenvalue weighted by atomic mass is 9.84. The summed E-state index contributed by atoms with van der Waals surface area (Å²) < 4.78 is 2.35. The molecule has 0 spiro atoms. The topological polar surface area (TPSA) is 17.8 Å². The second-order valence-electron chi connectivity index (χ2n) is 13.4. The molecular weight excluding hydrogens is 617 g/mol. The molecule has 9 aromatic rings. The molecule has 51 heavy (non-hydrogen) atoms. The Kier molecular flexibility index (Phi) is 6.99. The van der Waals surface area contributed by atoms with Crippen LogP contribution in [-0.4, -0.2) is 9.55 Å². The molecule has 0 radical (unpaired) electrons. The summed E-state index contributed by atoms with van der Waals surface area (Å²) in [7, 11) is 0. The fourth-order valence-electron chi connectivity index (χ4n) is 8.05. The van der Waals surface area contributed by atoms with E-state index in [4.69, 9.17) is 4.98 Å². The van der Waals surface area contributed by atoms with Crippen molar-refractivity contribution in [3.63, 3.8) is 0 Å². The average molecular weight is 651 g/mol. The Bertz CT molecular complexity index is 2770. The molecule has 0 aliphatic heterocycles. The van der Waals surface area contributed by atoms with Gasteiger partial charge in [0, 0.05) is 11.3 Å². The molecule has 0 atom stereocenters. The largest absolute Gasteiger partial charge is 0.296 e. The van der Waals surface area contributed by atoms with Crippen LogP contribution >= 0.6 is 0 Å². The highest BCUT2D eigenvalue weighted by Gasteiger charge is 2.21. The first-order valence-electron chi connectivity index (χ1n) is 17.8. The predicted octanol–water partition coefficient (Wildman–Crippen LogP) is 13.0. The molecule has 0 saturated heterocycles. The van der Waals surface area contributed by atoms with Gasteiger partial charge in [0.05, 0.1) is 11.4 Å². The van der Waals surface area contributed by atoms with Crippen molar-refractivity contribution in [3.05, 3.63) is 187 Å². The lowest BCUT2D eigenvalue weighted by Gasteiger charge is -2.19. The van der Waals surface area contributed by atoms with Crippen molar-refractivity contribution < 1.29 is 0 Å².